The molecule has 0 aliphatic rings. The third-order valence-corrected chi connectivity index (χ3v) is 3.33. The molecule has 3 nitrogen and oxygen atoms in total. The van der Waals surface area contributed by atoms with Crippen LogP contribution in [0.25, 0.3) is 0 Å². The van der Waals surface area contributed by atoms with Crippen LogP contribution in [0.15, 0.2) is 48.5 Å². The molecule has 21 heavy (non-hydrogen) atoms. The zero-order chi connectivity index (χ0) is 15.5. The number of carbonyl (C=O) groups excluding carboxylic acids is 1. The van der Waals surface area contributed by atoms with Gasteiger partial charge in [0.15, 0.2) is 0 Å². The Bertz CT molecular complexity index is 626. The lowest BCUT2D eigenvalue weighted by molar-refractivity contribution is 0.0906. The normalized spacial score (nSPS) is 13.5. The van der Waals surface area contributed by atoms with Gasteiger partial charge in [-0.1, -0.05) is 30.3 Å². The molecule has 2 aromatic carbocycles. The van der Waals surface area contributed by atoms with Crippen molar-refractivity contribution in [3.05, 3.63) is 71.3 Å². The predicted molar refractivity (Wildman–Crippen MR) is 76.7 cm³/mol. The van der Waals surface area contributed by atoms with Crippen molar-refractivity contribution in [1.82, 2.24) is 5.32 Å². The molecule has 0 spiro atoms. The van der Waals surface area contributed by atoms with Gasteiger partial charge in [-0.15, -0.1) is 0 Å². The first-order valence-electron chi connectivity index (χ1n) is 6.49. The summed E-state index contributed by atoms with van der Waals surface area (Å²) in [7, 11) is 0. The number of hydrogen-bond acceptors (Lipinski definition) is 2. The van der Waals surface area contributed by atoms with Gasteiger partial charge in [0.2, 0.25) is 0 Å². The van der Waals surface area contributed by atoms with Crippen molar-refractivity contribution >= 4 is 5.91 Å². The SMILES string of the molecule is CC(CN)(NC(=O)c1cc(F)cc(F)c1)c1ccccc1. The fourth-order valence-electron chi connectivity index (χ4n) is 2.05. The Morgan fingerprint density at radius 3 is 2.24 bits per heavy atom. The molecule has 0 aromatic heterocycles. The van der Waals surface area contributed by atoms with E-state index in [-0.39, 0.29) is 12.1 Å². The van der Waals surface area contributed by atoms with Gasteiger partial charge in [-0.05, 0) is 24.6 Å². The third-order valence-electron chi connectivity index (χ3n) is 3.33. The average molecular weight is 290 g/mol. The van der Waals surface area contributed by atoms with Gasteiger partial charge in [-0.25, -0.2) is 8.78 Å². The van der Waals surface area contributed by atoms with E-state index < -0.39 is 23.1 Å². The molecule has 1 atom stereocenters. The molecule has 1 unspecified atom stereocenters. The van der Waals surface area contributed by atoms with Crippen LogP contribution >= 0.6 is 0 Å². The van der Waals surface area contributed by atoms with Gasteiger partial charge in [0.1, 0.15) is 11.6 Å². The van der Waals surface area contributed by atoms with Crippen LogP contribution in [0.1, 0.15) is 22.8 Å². The number of nitrogens with one attached hydrogen (secondary N) is 1. The van der Waals surface area contributed by atoms with Crippen LogP contribution in [0.2, 0.25) is 0 Å². The standard InChI is InChI=1S/C16H16F2N2O/c1-16(10-19,12-5-3-2-4-6-12)20-15(21)11-7-13(17)9-14(18)8-11/h2-9H,10,19H2,1H3,(H,20,21). The van der Waals surface area contributed by atoms with Crippen LogP contribution in [0.5, 0.6) is 0 Å². The van der Waals surface area contributed by atoms with Gasteiger partial charge >= 0.3 is 0 Å². The summed E-state index contributed by atoms with van der Waals surface area (Å²) in [5.41, 5.74) is 5.68. The monoisotopic (exact) mass is 290 g/mol. The Morgan fingerprint density at radius 1 is 1.14 bits per heavy atom. The molecule has 0 bridgehead atoms. The Morgan fingerprint density at radius 2 is 1.71 bits per heavy atom. The van der Waals surface area contributed by atoms with E-state index >= 15 is 0 Å². The highest BCUT2D eigenvalue weighted by molar-refractivity contribution is 5.94. The molecule has 5 heteroatoms. The van der Waals surface area contributed by atoms with Gasteiger partial charge in [0.25, 0.3) is 5.91 Å². The molecular formula is C16H16F2N2O. The zero-order valence-corrected chi connectivity index (χ0v) is 11.6. The second-order valence-electron chi connectivity index (χ2n) is 5.01. The molecule has 0 aliphatic heterocycles. The van der Waals surface area contributed by atoms with Crippen molar-refractivity contribution < 1.29 is 13.6 Å². The van der Waals surface area contributed by atoms with Gasteiger partial charge in [-0.2, -0.15) is 0 Å². The van der Waals surface area contributed by atoms with Crippen molar-refractivity contribution in [2.75, 3.05) is 6.54 Å². The minimum atomic E-state index is -0.818. The lowest BCUT2D eigenvalue weighted by Gasteiger charge is -2.30. The molecule has 0 radical (unpaired) electrons. The highest BCUT2D eigenvalue weighted by Crippen LogP contribution is 2.20. The second kappa shape index (κ2) is 6.01. The summed E-state index contributed by atoms with van der Waals surface area (Å²) in [6, 6.07) is 11.9. The quantitative estimate of drug-likeness (QED) is 0.909. The fraction of sp³-hybridized carbons (Fsp3) is 0.188. The third kappa shape index (κ3) is 3.44. The smallest absolute Gasteiger partial charge is 0.252 e. The number of rotatable bonds is 4. The Kier molecular flexibility index (Phi) is 4.33. The lowest BCUT2D eigenvalue weighted by Crippen LogP contribution is -2.48. The van der Waals surface area contributed by atoms with E-state index in [1.807, 2.05) is 30.3 Å². The van der Waals surface area contributed by atoms with E-state index in [1.165, 1.54) is 0 Å². The summed E-state index contributed by atoms with van der Waals surface area (Å²) in [6.45, 7) is 1.91. The Labute approximate surface area is 121 Å². The number of amides is 1. The molecule has 2 rings (SSSR count). The molecule has 3 N–H and O–H groups in total. The summed E-state index contributed by atoms with van der Waals surface area (Å²) in [6.07, 6.45) is 0. The lowest BCUT2D eigenvalue weighted by atomic mass is 9.91. The topological polar surface area (TPSA) is 55.1 Å². The van der Waals surface area contributed by atoms with E-state index in [2.05, 4.69) is 5.32 Å². The number of halogens is 2. The van der Waals surface area contributed by atoms with Crippen LogP contribution in [-0.2, 0) is 5.54 Å². The minimum Gasteiger partial charge on any atom is -0.342 e. The van der Waals surface area contributed by atoms with Gasteiger partial charge in [-0.3, -0.25) is 4.79 Å². The Balaban J connectivity index is 2.28. The van der Waals surface area contributed by atoms with Crippen molar-refractivity contribution in [2.24, 2.45) is 5.73 Å². The molecule has 0 fully saturated rings. The highest BCUT2D eigenvalue weighted by atomic mass is 19.1. The molecule has 1 amide bonds. The van der Waals surface area contributed by atoms with Crippen LogP contribution in [0.3, 0.4) is 0 Å². The maximum Gasteiger partial charge on any atom is 0.252 e. The summed E-state index contributed by atoms with van der Waals surface area (Å²) >= 11 is 0. The minimum absolute atomic E-state index is 0.0805. The molecule has 0 saturated carbocycles. The second-order valence-corrected chi connectivity index (χ2v) is 5.01. The number of hydrogen-bond donors (Lipinski definition) is 2. The van der Waals surface area contributed by atoms with E-state index in [1.54, 1.807) is 6.92 Å². The average Bonchev–Trinajstić information content (AvgIpc) is 2.47. The Hall–Kier alpha value is -2.27. The van der Waals surface area contributed by atoms with Crippen LogP contribution < -0.4 is 11.1 Å². The molecule has 0 saturated heterocycles. The number of benzene rings is 2. The summed E-state index contributed by atoms with van der Waals surface area (Å²) in [4.78, 5) is 12.2. The molecule has 0 heterocycles. The van der Waals surface area contributed by atoms with Crippen molar-refractivity contribution in [2.45, 2.75) is 12.5 Å². The zero-order valence-electron chi connectivity index (χ0n) is 11.6. The van der Waals surface area contributed by atoms with Crippen LogP contribution in [-0.4, -0.2) is 12.5 Å². The maximum atomic E-state index is 13.2. The van der Waals surface area contributed by atoms with Crippen LogP contribution in [0, 0.1) is 11.6 Å². The van der Waals surface area contributed by atoms with Crippen molar-refractivity contribution in [1.29, 1.82) is 0 Å². The molecule has 0 aliphatic carbocycles. The van der Waals surface area contributed by atoms with E-state index in [0.717, 1.165) is 23.8 Å². The first kappa shape index (κ1) is 15.1. The van der Waals surface area contributed by atoms with E-state index in [0.29, 0.717) is 0 Å². The van der Waals surface area contributed by atoms with E-state index in [4.69, 9.17) is 5.73 Å². The predicted octanol–water partition coefficient (Wildman–Crippen LogP) is 2.57. The number of carbonyl (C=O) groups is 1. The fourth-order valence-corrected chi connectivity index (χ4v) is 2.05. The van der Waals surface area contributed by atoms with Gasteiger partial charge < -0.3 is 11.1 Å². The molecule has 110 valence electrons. The van der Waals surface area contributed by atoms with Crippen LogP contribution in [0.4, 0.5) is 8.78 Å². The molecule has 2 aromatic rings. The van der Waals surface area contributed by atoms with Gasteiger partial charge in [0.05, 0.1) is 5.54 Å². The largest absolute Gasteiger partial charge is 0.342 e. The number of nitrogens with two attached hydrogens (primary N) is 1. The van der Waals surface area contributed by atoms with Crippen molar-refractivity contribution in [3.63, 3.8) is 0 Å². The first-order valence-corrected chi connectivity index (χ1v) is 6.49. The first-order chi connectivity index (χ1) is 9.94. The summed E-state index contributed by atoms with van der Waals surface area (Å²) < 4.78 is 26.4. The maximum absolute atomic E-state index is 13.2. The highest BCUT2D eigenvalue weighted by Gasteiger charge is 2.27. The van der Waals surface area contributed by atoms with E-state index in [9.17, 15) is 13.6 Å². The molecular weight excluding hydrogens is 274 g/mol. The van der Waals surface area contributed by atoms with Crippen molar-refractivity contribution in [3.8, 4) is 0 Å². The summed E-state index contributed by atoms with van der Waals surface area (Å²) in [5.74, 6) is -2.17. The van der Waals surface area contributed by atoms with Gasteiger partial charge in [0, 0.05) is 18.2 Å². The summed E-state index contributed by atoms with van der Waals surface area (Å²) in [5, 5.41) is 2.73.